The van der Waals surface area contributed by atoms with E-state index >= 15 is 0 Å². The van der Waals surface area contributed by atoms with E-state index in [1.54, 1.807) is 0 Å². The summed E-state index contributed by atoms with van der Waals surface area (Å²) in [6.45, 7) is 0. The molecule has 0 aliphatic rings. The summed E-state index contributed by atoms with van der Waals surface area (Å²) >= 11 is 5.02. The maximum atomic E-state index is 10.8. The Balaban J connectivity index is 2.59. The molecule has 3 heteroatoms. The maximum Gasteiger partial charge on any atom is 0.164 e. The molecule has 0 aliphatic heterocycles. The van der Waals surface area contributed by atoms with E-state index in [1.807, 2.05) is 60.7 Å². The largest absolute Gasteiger partial charge is 0.390 e. The molecule has 0 amide bonds. The Labute approximate surface area is 106 Å². The zero-order chi connectivity index (χ0) is 12.3. The van der Waals surface area contributed by atoms with Crippen molar-refractivity contribution >= 4 is 17.2 Å². The molecule has 0 aromatic heterocycles. The number of hydrogen-bond donors (Lipinski definition) is 2. The number of hydrogen-bond acceptors (Lipinski definition) is 2. The third-order valence-corrected chi connectivity index (χ3v) is 3.04. The first-order chi connectivity index (χ1) is 8.15. The van der Waals surface area contributed by atoms with Gasteiger partial charge in [0.1, 0.15) is 4.99 Å². The van der Waals surface area contributed by atoms with E-state index < -0.39 is 5.60 Å². The Morgan fingerprint density at radius 3 is 1.53 bits per heavy atom. The van der Waals surface area contributed by atoms with E-state index in [9.17, 15) is 5.11 Å². The fourth-order valence-electron chi connectivity index (χ4n) is 1.81. The van der Waals surface area contributed by atoms with E-state index in [2.05, 4.69) is 0 Å². The molecule has 2 aromatic carbocycles. The maximum absolute atomic E-state index is 10.8. The Kier molecular flexibility index (Phi) is 3.22. The Bertz CT molecular complexity index is 471. The van der Waals surface area contributed by atoms with E-state index in [0.29, 0.717) is 11.1 Å². The van der Waals surface area contributed by atoms with Gasteiger partial charge in [-0.1, -0.05) is 72.9 Å². The SMILES string of the molecule is NC(=S)C(O)(c1ccccc1)c1ccccc1. The standard InChI is InChI=1S/C14H13NOS/c15-13(17)14(16,11-7-3-1-4-8-11)12-9-5-2-6-10-12/h1-10,16H,(H2,15,17). The van der Waals surface area contributed by atoms with Crippen molar-refractivity contribution in [2.45, 2.75) is 5.60 Å². The molecule has 0 bridgehead atoms. The second-order valence-electron chi connectivity index (χ2n) is 3.81. The van der Waals surface area contributed by atoms with Crippen LogP contribution in [0.1, 0.15) is 11.1 Å². The minimum absolute atomic E-state index is 0.0508. The van der Waals surface area contributed by atoms with Gasteiger partial charge in [-0.2, -0.15) is 0 Å². The highest BCUT2D eigenvalue weighted by molar-refractivity contribution is 7.80. The monoisotopic (exact) mass is 243 g/mol. The fourth-order valence-corrected chi connectivity index (χ4v) is 2.05. The van der Waals surface area contributed by atoms with Gasteiger partial charge in [0, 0.05) is 0 Å². The van der Waals surface area contributed by atoms with Gasteiger partial charge in [0.05, 0.1) is 0 Å². The van der Waals surface area contributed by atoms with E-state index in [0.717, 1.165) is 0 Å². The Morgan fingerprint density at radius 2 is 1.24 bits per heavy atom. The highest BCUT2D eigenvalue weighted by atomic mass is 32.1. The lowest BCUT2D eigenvalue weighted by Crippen LogP contribution is -2.40. The predicted octanol–water partition coefficient (Wildman–Crippen LogP) is 2.21. The first-order valence-corrected chi connectivity index (χ1v) is 5.70. The Morgan fingerprint density at radius 1 is 0.882 bits per heavy atom. The molecule has 0 spiro atoms. The van der Waals surface area contributed by atoms with Gasteiger partial charge in [0.15, 0.2) is 5.60 Å². The van der Waals surface area contributed by atoms with Gasteiger partial charge in [-0.25, -0.2) is 0 Å². The number of benzene rings is 2. The van der Waals surface area contributed by atoms with Crippen LogP contribution in [0.25, 0.3) is 0 Å². The smallest absolute Gasteiger partial charge is 0.164 e. The number of nitrogens with two attached hydrogens (primary N) is 1. The molecule has 0 aliphatic carbocycles. The van der Waals surface area contributed by atoms with Gasteiger partial charge >= 0.3 is 0 Å². The molecular weight excluding hydrogens is 230 g/mol. The van der Waals surface area contributed by atoms with Crippen LogP contribution in [0.4, 0.5) is 0 Å². The molecule has 0 saturated heterocycles. The number of aliphatic hydroxyl groups is 1. The topological polar surface area (TPSA) is 46.2 Å². The van der Waals surface area contributed by atoms with Crippen LogP contribution >= 0.6 is 12.2 Å². The van der Waals surface area contributed by atoms with E-state index in [4.69, 9.17) is 18.0 Å². The van der Waals surface area contributed by atoms with Crippen molar-refractivity contribution in [2.24, 2.45) is 5.73 Å². The van der Waals surface area contributed by atoms with Crippen LogP contribution < -0.4 is 5.73 Å². The Hall–Kier alpha value is -1.71. The summed E-state index contributed by atoms with van der Waals surface area (Å²) in [6.07, 6.45) is 0. The molecule has 86 valence electrons. The average molecular weight is 243 g/mol. The first kappa shape index (κ1) is 11.8. The molecule has 0 unspecified atom stereocenters. The third-order valence-electron chi connectivity index (χ3n) is 2.74. The second-order valence-corrected chi connectivity index (χ2v) is 4.25. The molecule has 2 aromatic rings. The van der Waals surface area contributed by atoms with Crippen molar-refractivity contribution in [3.05, 3.63) is 71.8 Å². The van der Waals surface area contributed by atoms with Crippen molar-refractivity contribution in [3.63, 3.8) is 0 Å². The minimum Gasteiger partial charge on any atom is -0.390 e. The van der Waals surface area contributed by atoms with Gasteiger partial charge in [0.25, 0.3) is 0 Å². The number of thiocarbonyl (C=S) groups is 1. The highest BCUT2D eigenvalue weighted by Gasteiger charge is 2.34. The van der Waals surface area contributed by atoms with Gasteiger partial charge < -0.3 is 10.8 Å². The van der Waals surface area contributed by atoms with Crippen LogP contribution in [0.5, 0.6) is 0 Å². The lowest BCUT2D eigenvalue weighted by molar-refractivity contribution is 0.157. The summed E-state index contributed by atoms with van der Waals surface area (Å²) in [4.78, 5) is 0.0508. The molecule has 0 saturated carbocycles. The summed E-state index contributed by atoms with van der Waals surface area (Å²) in [6, 6.07) is 18.4. The van der Waals surface area contributed by atoms with Gasteiger partial charge in [0.2, 0.25) is 0 Å². The molecule has 0 fully saturated rings. The summed E-state index contributed by atoms with van der Waals surface area (Å²) in [7, 11) is 0. The molecule has 17 heavy (non-hydrogen) atoms. The van der Waals surface area contributed by atoms with Crippen molar-refractivity contribution in [3.8, 4) is 0 Å². The van der Waals surface area contributed by atoms with Crippen molar-refractivity contribution < 1.29 is 5.11 Å². The summed E-state index contributed by atoms with van der Waals surface area (Å²) in [5.41, 5.74) is 5.67. The average Bonchev–Trinajstić information content (AvgIpc) is 2.39. The van der Waals surface area contributed by atoms with Crippen LogP contribution in [0.3, 0.4) is 0 Å². The summed E-state index contributed by atoms with van der Waals surface area (Å²) < 4.78 is 0. The van der Waals surface area contributed by atoms with Crippen LogP contribution in [-0.2, 0) is 5.60 Å². The summed E-state index contributed by atoms with van der Waals surface area (Å²) in [5, 5.41) is 10.8. The molecule has 2 nitrogen and oxygen atoms in total. The lowest BCUT2D eigenvalue weighted by Gasteiger charge is -2.28. The third kappa shape index (κ3) is 2.07. The quantitative estimate of drug-likeness (QED) is 0.812. The molecule has 0 heterocycles. The van der Waals surface area contributed by atoms with E-state index in [-0.39, 0.29) is 4.99 Å². The first-order valence-electron chi connectivity index (χ1n) is 5.29. The van der Waals surface area contributed by atoms with Crippen LogP contribution in [0, 0.1) is 0 Å². The van der Waals surface area contributed by atoms with Crippen molar-refractivity contribution in [1.29, 1.82) is 0 Å². The molecule has 0 radical (unpaired) electrons. The normalized spacial score (nSPS) is 11.1. The fraction of sp³-hybridized carbons (Fsp3) is 0.0714. The summed E-state index contributed by atoms with van der Waals surface area (Å²) in [5.74, 6) is 0. The van der Waals surface area contributed by atoms with Gasteiger partial charge in [-0.3, -0.25) is 0 Å². The molecular formula is C14H13NOS. The predicted molar refractivity (Wildman–Crippen MR) is 72.7 cm³/mol. The lowest BCUT2D eigenvalue weighted by atomic mass is 9.86. The van der Waals surface area contributed by atoms with Gasteiger partial charge in [-0.05, 0) is 11.1 Å². The van der Waals surface area contributed by atoms with Crippen LogP contribution in [0.15, 0.2) is 60.7 Å². The highest BCUT2D eigenvalue weighted by Crippen LogP contribution is 2.29. The number of rotatable bonds is 3. The zero-order valence-electron chi connectivity index (χ0n) is 9.21. The minimum atomic E-state index is -1.40. The molecule has 2 rings (SSSR count). The van der Waals surface area contributed by atoms with Crippen molar-refractivity contribution in [2.75, 3.05) is 0 Å². The van der Waals surface area contributed by atoms with Crippen molar-refractivity contribution in [1.82, 2.24) is 0 Å². The van der Waals surface area contributed by atoms with Crippen LogP contribution in [-0.4, -0.2) is 10.1 Å². The van der Waals surface area contributed by atoms with Crippen LogP contribution in [0.2, 0.25) is 0 Å². The van der Waals surface area contributed by atoms with E-state index in [1.165, 1.54) is 0 Å². The zero-order valence-corrected chi connectivity index (χ0v) is 10.0. The van der Waals surface area contributed by atoms with Gasteiger partial charge in [-0.15, -0.1) is 0 Å². The molecule has 0 atom stereocenters. The second kappa shape index (κ2) is 4.65. The molecule has 3 N–H and O–H groups in total.